The second-order valence-corrected chi connectivity index (χ2v) is 9.66. The highest BCUT2D eigenvalue weighted by Gasteiger charge is 2.20. The third kappa shape index (κ3) is 6.70. The number of ether oxygens (including phenoxy) is 1. The predicted octanol–water partition coefficient (Wildman–Crippen LogP) is 2.38. The summed E-state index contributed by atoms with van der Waals surface area (Å²) in [5, 5.41) is 3.03. The van der Waals surface area contributed by atoms with E-state index in [-0.39, 0.29) is 17.3 Å². The zero-order chi connectivity index (χ0) is 21.6. The molecule has 7 nitrogen and oxygen atoms in total. The van der Waals surface area contributed by atoms with Crippen LogP contribution in [0.2, 0.25) is 5.02 Å². The van der Waals surface area contributed by atoms with Gasteiger partial charge in [-0.1, -0.05) is 29.8 Å². The van der Waals surface area contributed by atoms with Gasteiger partial charge in [-0.25, -0.2) is 8.42 Å². The predicted molar refractivity (Wildman–Crippen MR) is 118 cm³/mol. The number of hydrogen-bond donors (Lipinski definition) is 1. The van der Waals surface area contributed by atoms with E-state index < -0.39 is 9.84 Å². The third-order valence-corrected chi connectivity index (χ3v) is 6.33. The van der Waals surface area contributed by atoms with E-state index in [0.717, 1.165) is 44.7 Å². The Morgan fingerprint density at radius 1 is 1.07 bits per heavy atom. The Morgan fingerprint density at radius 3 is 2.40 bits per heavy atom. The number of rotatable bonds is 8. The molecule has 1 amide bonds. The maximum Gasteiger partial charge on any atom is 0.238 e. The Balaban J connectivity index is 1.42. The molecule has 1 saturated heterocycles. The molecule has 30 heavy (non-hydrogen) atoms. The van der Waals surface area contributed by atoms with Crippen LogP contribution in [0.25, 0.3) is 0 Å². The monoisotopic (exact) mass is 451 g/mol. The Morgan fingerprint density at radius 2 is 1.73 bits per heavy atom. The summed E-state index contributed by atoms with van der Waals surface area (Å²) in [6.07, 6.45) is 1.12. The lowest BCUT2D eigenvalue weighted by Gasteiger charge is -2.34. The number of nitrogens with zero attached hydrogens (tertiary/aromatic N) is 2. The van der Waals surface area contributed by atoms with Crippen LogP contribution in [0.4, 0.5) is 5.69 Å². The first-order chi connectivity index (χ1) is 14.3. The van der Waals surface area contributed by atoms with Crippen molar-refractivity contribution in [3.8, 4) is 5.75 Å². The summed E-state index contributed by atoms with van der Waals surface area (Å²) in [5.41, 5.74) is 0.307. The molecule has 1 heterocycles. The Labute approximate surface area is 182 Å². The number of sulfone groups is 1. The summed E-state index contributed by atoms with van der Waals surface area (Å²) in [5.74, 6) is 0.648. The lowest BCUT2D eigenvalue weighted by Crippen LogP contribution is -2.49. The molecule has 2 aromatic rings. The molecule has 0 aliphatic carbocycles. The largest absolute Gasteiger partial charge is 0.492 e. The maximum atomic E-state index is 12.4. The zero-order valence-electron chi connectivity index (χ0n) is 16.9. The topological polar surface area (TPSA) is 79.0 Å². The Hall–Kier alpha value is -2.13. The first-order valence-electron chi connectivity index (χ1n) is 9.73. The molecule has 0 atom stereocenters. The van der Waals surface area contributed by atoms with Gasteiger partial charge in [0.1, 0.15) is 12.4 Å². The van der Waals surface area contributed by atoms with Crippen LogP contribution in [0, 0.1) is 0 Å². The number of hydrogen-bond acceptors (Lipinski definition) is 6. The minimum atomic E-state index is -3.37. The second-order valence-electron chi connectivity index (χ2n) is 7.24. The zero-order valence-corrected chi connectivity index (χ0v) is 18.5. The number of carbonyl (C=O) groups excluding carboxylic acids is 1. The molecule has 1 aliphatic rings. The van der Waals surface area contributed by atoms with Crippen LogP contribution >= 0.6 is 11.6 Å². The molecule has 1 fully saturated rings. The van der Waals surface area contributed by atoms with E-state index in [0.29, 0.717) is 17.3 Å². The molecule has 0 unspecified atom stereocenters. The van der Waals surface area contributed by atoms with Gasteiger partial charge in [-0.2, -0.15) is 0 Å². The van der Waals surface area contributed by atoms with Crippen molar-refractivity contribution in [1.82, 2.24) is 9.80 Å². The van der Waals surface area contributed by atoms with Crippen molar-refractivity contribution in [2.45, 2.75) is 4.90 Å². The van der Waals surface area contributed by atoms with Gasteiger partial charge in [0.05, 0.1) is 22.2 Å². The molecule has 162 valence electrons. The number of piperazine rings is 1. The highest BCUT2D eigenvalue weighted by Crippen LogP contribution is 2.25. The lowest BCUT2D eigenvalue weighted by atomic mass is 10.3. The fourth-order valence-corrected chi connectivity index (χ4v) is 4.02. The summed E-state index contributed by atoms with van der Waals surface area (Å²) >= 11 is 6.10. The van der Waals surface area contributed by atoms with Gasteiger partial charge >= 0.3 is 0 Å². The minimum absolute atomic E-state index is 0.119. The third-order valence-electron chi connectivity index (χ3n) is 4.89. The molecule has 0 saturated carbocycles. The molecule has 2 aromatic carbocycles. The van der Waals surface area contributed by atoms with E-state index in [2.05, 4.69) is 15.1 Å². The molecule has 1 aliphatic heterocycles. The van der Waals surface area contributed by atoms with Crippen molar-refractivity contribution in [3.05, 3.63) is 53.6 Å². The summed E-state index contributed by atoms with van der Waals surface area (Å²) in [6.45, 7) is 4.95. The van der Waals surface area contributed by atoms with Crippen molar-refractivity contribution < 1.29 is 17.9 Å². The van der Waals surface area contributed by atoms with Crippen LogP contribution < -0.4 is 10.1 Å². The van der Waals surface area contributed by atoms with Crippen molar-refractivity contribution >= 4 is 33.0 Å². The summed E-state index contributed by atoms with van der Waals surface area (Å²) in [6, 6.07) is 14.0. The molecule has 0 radical (unpaired) electrons. The SMILES string of the molecule is CS(=O)(=O)c1ccc(Cl)c(NC(=O)CN2CCN(CCOc3ccccc3)CC2)c1. The van der Waals surface area contributed by atoms with Crippen LogP contribution in [0.5, 0.6) is 5.75 Å². The number of benzene rings is 2. The van der Waals surface area contributed by atoms with E-state index in [1.54, 1.807) is 0 Å². The molecule has 3 rings (SSSR count). The molecular formula is C21H26ClN3O4S. The van der Waals surface area contributed by atoms with Gasteiger partial charge in [0, 0.05) is 39.0 Å². The first kappa shape index (κ1) is 22.6. The van der Waals surface area contributed by atoms with Crippen molar-refractivity contribution in [2.75, 3.05) is 57.4 Å². The molecule has 0 spiro atoms. The summed E-state index contributed by atoms with van der Waals surface area (Å²) < 4.78 is 29.2. The standard InChI is InChI=1S/C21H26ClN3O4S/c1-30(27,28)18-7-8-19(22)20(15-18)23-21(26)16-25-11-9-24(10-12-25)13-14-29-17-5-3-2-4-6-17/h2-8,15H,9-14,16H2,1H3,(H,23,26). The number of amides is 1. The van der Waals surface area contributed by atoms with Crippen LogP contribution in [-0.2, 0) is 14.6 Å². The quantitative estimate of drug-likeness (QED) is 0.663. The average Bonchev–Trinajstić information content (AvgIpc) is 2.71. The van der Waals surface area contributed by atoms with Gasteiger partial charge in [0.15, 0.2) is 9.84 Å². The molecular weight excluding hydrogens is 426 g/mol. The normalized spacial score (nSPS) is 15.7. The van der Waals surface area contributed by atoms with Gasteiger partial charge in [-0.05, 0) is 30.3 Å². The van der Waals surface area contributed by atoms with Gasteiger partial charge < -0.3 is 10.1 Å². The van der Waals surface area contributed by atoms with E-state index in [9.17, 15) is 13.2 Å². The molecule has 1 N–H and O–H groups in total. The van der Waals surface area contributed by atoms with Crippen molar-refractivity contribution in [2.24, 2.45) is 0 Å². The van der Waals surface area contributed by atoms with Gasteiger partial charge in [-0.3, -0.25) is 14.6 Å². The van der Waals surface area contributed by atoms with Gasteiger partial charge in [-0.15, -0.1) is 0 Å². The Bertz CT molecular complexity index is 961. The highest BCUT2D eigenvalue weighted by atomic mass is 35.5. The van der Waals surface area contributed by atoms with Gasteiger partial charge in [0.25, 0.3) is 0 Å². The minimum Gasteiger partial charge on any atom is -0.492 e. The number of carbonyl (C=O) groups is 1. The van der Waals surface area contributed by atoms with E-state index in [4.69, 9.17) is 16.3 Å². The second kappa shape index (κ2) is 10.3. The molecule has 0 aromatic heterocycles. The van der Waals surface area contributed by atoms with Gasteiger partial charge in [0.2, 0.25) is 5.91 Å². The lowest BCUT2D eigenvalue weighted by molar-refractivity contribution is -0.117. The number of para-hydroxylation sites is 1. The molecule has 0 bridgehead atoms. The summed E-state index contributed by atoms with van der Waals surface area (Å²) in [4.78, 5) is 16.9. The number of halogens is 1. The highest BCUT2D eigenvalue weighted by molar-refractivity contribution is 7.90. The van der Waals surface area contributed by atoms with Crippen LogP contribution in [0.1, 0.15) is 0 Å². The van der Waals surface area contributed by atoms with E-state index in [1.165, 1.54) is 18.2 Å². The fourth-order valence-electron chi connectivity index (χ4n) is 3.20. The Kier molecular flexibility index (Phi) is 7.71. The number of nitrogens with one attached hydrogen (secondary N) is 1. The van der Waals surface area contributed by atoms with E-state index >= 15 is 0 Å². The number of anilines is 1. The van der Waals surface area contributed by atoms with E-state index in [1.807, 2.05) is 30.3 Å². The fraction of sp³-hybridized carbons (Fsp3) is 0.381. The van der Waals surface area contributed by atoms with Crippen LogP contribution in [0.3, 0.4) is 0 Å². The van der Waals surface area contributed by atoms with Crippen LogP contribution in [-0.4, -0.2) is 76.3 Å². The van der Waals surface area contributed by atoms with Crippen molar-refractivity contribution in [1.29, 1.82) is 0 Å². The maximum absolute atomic E-state index is 12.4. The average molecular weight is 452 g/mol. The first-order valence-corrected chi connectivity index (χ1v) is 12.0. The summed E-state index contributed by atoms with van der Waals surface area (Å²) in [7, 11) is -3.37. The van der Waals surface area contributed by atoms with Crippen molar-refractivity contribution in [3.63, 3.8) is 0 Å². The van der Waals surface area contributed by atoms with Crippen LogP contribution in [0.15, 0.2) is 53.4 Å². The molecule has 9 heteroatoms. The smallest absolute Gasteiger partial charge is 0.238 e.